The number of esters is 1. The fraction of sp³-hybridized carbons (Fsp3) is 0.158. The molecule has 138 valence electrons. The number of aromatic nitrogens is 2. The van der Waals surface area contributed by atoms with Gasteiger partial charge in [-0.25, -0.2) is 4.98 Å². The molecule has 1 amide bonds. The molecule has 1 N–H and O–H groups in total. The van der Waals surface area contributed by atoms with E-state index in [1.54, 1.807) is 48.5 Å². The van der Waals surface area contributed by atoms with Crippen molar-refractivity contribution in [2.45, 2.75) is 19.6 Å². The Morgan fingerprint density at radius 1 is 1.22 bits per heavy atom. The average Bonchev–Trinajstić information content (AvgIpc) is 2.64. The first-order chi connectivity index (χ1) is 12.9. The largest absolute Gasteiger partial charge is 0.451 e. The van der Waals surface area contributed by atoms with Crippen molar-refractivity contribution >= 4 is 40.1 Å². The number of para-hydroxylation sites is 1. The number of benzene rings is 2. The lowest BCUT2D eigenvalue weighted by Crippen LogP contribution is -2.33. The highest BCUT2D eigenvalue weighted by molar-refractivity contribution is 6.30. The fourth-order valence-corrected chi connectivity index (χ4v) is 2.65. The van der Waals surface area contributed by atoms with E-state index in [0.29, 0.717) is 21.6 Å². The SMILES string of the molecule is C[C@@H](OC(=O)Cn1cnc2ccccc2c1=O)C(=O)Nc1cccc(Cl)c1. The molecule has 0 aliphatic rings. The Hall–Kier alpha value is -3.19. The van der Waals surface area contributed by atoms with E-state index in [1.807, 2.05) is 0 Å². The molecule has 1 aromatic heterocycles. The van der Waals surface area contributed by atoms with Crippen molar-refractivity contribution in [3.8, 4) is 0 Å². The van der Waals surface area contributed by atoms with Crippen molar-refractivity contribution in [2.75, 3.05) is 5.32 Å². The van der Waals surface area contributed by atoms with E-state index in [-0.39, 0.29) is 12.1 Å². The molecule has 0 saturated heterocycles. The van der Waals surface area contributed by atoms with E-state index in [1.165, 1.54) is 13.3 Å². The summed E-state index contributed by atoms with van der Waals surface area (Å²) >= 11 is 5.86. The van der Waals surface area contributed by atoms with Crippen LogP contribution in [0.5, 0.6) is 0 Å². The van der Waals surface area contributed by atoms with Crippen LogP contribution in [0.1, 0.15) is 6.92 Å². The van der Waals surface area contributed by atoms with Gasteiger partial charge < -0.3 is 10.1 Å². The zero-order chi connectivity index (χ0) is 19.4. The maximum absolute atomic E-state index is 12.4. The molecule has 0 aliphatic heterocycles. The number of rotatable bonds is 5. The van der Waals surface area contributed by atoms with Gasteiger partial charge in [0.1, 0.15) is 6.54 Å². The van der Waals surface area contributed by atoms with Gasteiger partial charge in [-0.05, 0) is 37.3 Å². The van der Waals surface area contributed by atoms with E-state index in [4.69, 9.17) is 16.3 Å². The molecule has 2 aromatic carbocycles. The highest BCUT2D eigenvalue weighted by Gasteiger charge is 2.19. The standard InChI is InChI=1S/C19H16ClN3O4/c1-12(18(25)22-14-6-4-5-13(20)9-14)27-17(24)10-23-11-21-16-8-3-2-7-15(16)19(23)26/h2-9,11-12H,10H2,1H3,(H,22,25)/t12-/m1/s1. The first kappa shape index (κ1) is 18.6. The Balaban J connectivity index is 1.64. The van der Waals surface area contributed by atoms with Gasteiger partial charge >= 0.3 is 5.97 Å². The van der Waals surface area contributed by atoms with Crippen LogP contribution in [0.2, 0.25) is 5.02 Å². The maximum Gasteiger partial charge on any atom is 0.326 e. The third-order valence-electron chi connectivity index (χ3n) is 3.80. The number of fused-ring (bicyclic) bond motifs is 1. The minimum atomic E-state index is -1.04. The molecule has 0 bridgehead atoms. The van der Waals surface area contributed by atoms with Crippen LogP contribution in [0, 0.1) is 0 Å². The van der Waals surface area contributed by atoms with Gasteiger partial charge in [0, 0.05) is 10.7 Å². The lowest BCUT2D eigenvalue weighted by Gasteiger charge is -2.14. The topological polar surface area (TPSA) is 90.3 Å². The van der Waals surface area contributed by atoms with E-state index in [9.17, 15) is 14.4 Å². The summed E-state index contributed by atoms with van der Waals surface area (Å²) in [5, 5.41) is 3.48. The molecule has 0 saturated carbocycles. The molecule has 0 aliphatic carbocycles. The number of nitrogens with one attached hydrogen (secondary N) is 1. The second kappa shape index (κ2) is 8.01. The van der Waals surface area contributed by atoms with E-state index < -0.39 is 18.0 Å². The Labute approximate surface area is 159 Å². The molecular weight excluding hydrogens is 370 g/mol. The van der Waals surface area contributed by atoms with Gasteiger partial charge in [0.15, 0.2) is 6.10 Å². The first-order valence-electron chi connectivity index (χ1n) is 8.14. The van der Waals surface area contributed by atoms with Crippen molar-refractivity contribution in [1.82, 2.24) is 9.55 Å². The molecule has 1 heterocycles. The van der Waals surface area contributed by atoms with Crippen LogP contribution in [0.25, 0.3) is 10.9 Å². The smallest absolute Gasteiger partial charge is 0.326 e. The second-order valence-corrected chi connectivity index (χ2v) is 6.26. The molecule has 0 radical (unpaired) electrons. The average molecular weight is 386 g/mol. The lowest BCUT2D eigenvalue weighted by molar-refractivity contribution is -0.153. The number of carbonyl (C=O) groups excluding carboxylic acids is 2. The Morgan fingerprint density at radius 3 is 2.78 bits per heavy atom. The minimum absolute atomic E-state index is 0.342. The van der Waals surface area contributed by atoms with Gasteiger partial charge in [0.25, 0.3) is 11.5 Å². The molecular formula is C19H16ClN3O4. The van der Waals surface area contributed by atoms with E-state index in [0.717, 1.165) is 4.57 Å². The zero-order valence-corrected chi connectivity index (χ0v) is 15.1. The molecule has 7 nitrogen and oxygen atoms in total. The van der Waals surface area contributed by atoms with Gasteiger partial charge in [0.2, 0.25) is 0 Å². The number of carbonyl (C=O) groups is 2. The Morgan fingerprint density at radius 2 is 2.00 bits per heavy atom. The molecule has 0 spiro atoms. The summed E-state index contributed by atoms with van der Waals surface area (Å²) in [5.74, 6) is -1.22. The number of hydrogen-bond acceptors (Lipinski definition) is 5. The van der Waals surface area contributed by atoms with Crippen LogP contribution < -0.4 is 10.9 Å². The van der Waals surface area contributed by atoms with Gasteiger partial charge in [0.05, 0.1) is 17.2 Å². The molecule has 0 unspecified atom stereocenters. The highest BCUT2D eigenvalue weighted by atomic mass is 35.5. The molecule has 1 atom stereocenters. The molecule has 3 aromatic rings. The summed E-state index contributed by atoms with van der Waals surface area (Å²) in [6, 6.07) is 13.4. The van der Waals surface area contributed by atoms with Gasteiger partial charge in [-0.15, -0.1) is 0 Å². The second-order valence-electron chi connectivity index (χ2n) is 5.83. The summed E-state index contributed by atoms with van der Waals surface area (Å²) in [7, 11) is 0. The maximum atomic E-state index is 12.4. The van der Waals surface area contributed by atoms with Crippen LogP contribution in [0.3, 0.4) is 0 Å². The Kier molecular flexibility index (Phi) is 5.52. The predicted octanol–water partition coefficient (Wildman–Crippen LogP) is 2.62. The summed E-state index contributed by atoms with van der Waals surface area (Å²) < 4.78 is 6.26. The number of ether oxygens (including phenoxy) is 1. The predicted molar refractivity (Wildman–Crippen MR) is 102 cm³/mol. The van der Waals surface area contributed by atoms with Gasteiger partial charge in [-0.2, -0.15) is 0 Å². The van der Waals surface area contributed by atoms with Crippen LogP contribution >= 0.6 is 11.6 Å². The number of nitrogens with zero attached hydrogens (tertiary/aromatic N) is 2. The number of hydrogen-bond donors (Lipinski definition) is 1. The van der Waals surface area contributed by atoms with Crippen molar-refractivity contribution in [2.24, 2.45) is 0 Å². The third-order valence-corrected chi connectivity index (χ3v) is 4.04. The van der Waals surface area contributed by atoms with Gasteiger partial charge in [-0.3, -0.25) is 19.0 Å². The summed E-state index contributed by atoms with van der Waals surface area (Å²) in [6.45, 7) is 1.10. The highest BCUT2D eigenvalue weighted by Crippen LogP contribution is 2.15. The van der Waals surface area contributed by atoms with E-state index >= 15 is 0 Å². The van der Waals surface area contributed by atoms with Crippen molar-refractivity contribution in [1.29, 1.82) is 0 Å². The molecule has 0 fully saturated rings. The number of anilines is 1. The summed E-state index contributed by atoms with van der Waals surface area (Å²) in [6.07, 6.45) is 0.239. The van der Waals surface area contributed by atoms with Crippen molar-refractivity contribution in [3.05, 3.63) is 70.2 Å². The number of halogens is 1. The normalized spacial score (nSPS) is 11.8. The van der Waals surface area contributed by atoms with Crippen LogP contribution in [0.15, 0.2) is 59.7 Å². The van der Waals surface area contributed by atoms with Crippen LogP contribution in [0.4, 0.5) is 5.69 Å². The lowest BCUT2D eigenvalue weighted by atomic mass is 10.2. The molecule has 27 heavy (non-hydrogen) atoms. The van der Waals surface area contributed by atoms with Crippen molar-refractivity contribution in [3.63, 3.8) is 0 Å². The van der Waals surface area contributed by atoms with Crippen LogP contribution in [-0.2, 0) is 20.9 Å². The molecule has 3 rings (SSSR count). The van der Waals surface area contributed by atoms with Crippen molar-refractivity contribution < 1.29 is 14.3 Å². The minimum Gasteiger partial charge on any atom is -0.451 e. The van der Waals surface area contributed by atoms with E-state index in [2.05, 4.69) is 10.3 Å². The molecule has 8 heteroatoms. The van der Waals surface area contributed by atoms with Crippen LogP contribution in [-0.4, -0.2) is 27.5 Å². The zero-order valence-electron chi connectivity index (χ0n) is 14.4. The van der Waals surface area contributed by atoms with Gasteiger partial charge in [-0.1, -0.05) is 29.8 Å². The fourth-order valence-electron chi connectivity index (χ4n) is 2.46. The monoisotopic (exact) mass is 385 g/mol. The number of amides is 1. The first-order valence-corrected chi connectivity index (χ1v) is 8.52. The third kappa shape index (κ3) is 4.51. The Bertz CT molecular complexity index is 1060. The summed E-state index contributed by atoms with van der Waals surface area (Å²) in [4.78, 5) is 40.8. The quantitative estimate of drug-likeness (QED) is 0.682. The summed E-state index contributed by atoms with van der Waals surface area (Å²) in [5.41, 5.74) is 0.681.